The number of rotatable bonds is 7. The van der Waals surface area contributed by atoms with Crippen LogP contribution in [0.5, 0.6) is 11.5 Å². The van der Waals surface area contributed by atoms with Crippen molar-refractivity contribution in [1.29, 1.82) is 0 Å². The fourth-order valence-corrected chi connectivity index (χ4v) is 2.55. The maximum atomic E-state index is 5.77. The molecule has 1 unspecified atom stereocenters. The summed E-state index contributed by atoms with van der Waals surface area (Å²) in [4.78, 5) is 0. The largest absolute Gasteiger partial charge is 0.449 e. The molecule has 3 nitrogen and oxygen atoms in total. The van der Waals surface area contributed by atoms with Crippen molar-refractivity contribution >= 4 is 5.69 Å². The minimum atomic E-state index is -0.549. The third kappa shape index (κ3) is 4.06. The Morgan fingerprint density at radius 1 is 1.10 bits per heavy atom. The molecule has 0 aliphatic carbocycles. The molecule has 1 heterocycles. The second-order valence-electron chi connectivity index (χ2n) is 6.16. The van der Waals surface area contributed by atoms with Gasteiger partial charge in [-0.1, -0.05) is 32.6 Å². The maximum Gasteiger partial charge on any atom is 0.246 e. The molecular formula is C17H27NO2. The van der Waals surface area contributed by atoms with Gasteiger partial charge in [-0.2, -0.15) is 0 Å². The molecule has 0 spiro atoms. The maximum absolute atomic E-state index is 5.77. The van der Waals surface area contributed by atoms with Crippen LogP contribution >= 0.6 is 0 Å². The third-order valence-corrected chi connectivity index (χ3v) is 3.56. The van der Waals surface area contributed by atoms with Crippen LogP contribution in [0.1, 0.15) is 59.8 Å². The van der Waals surface area contributed by atoms with Crippen molar-refractivity contribution in [3.8, 4) is 11.5 Å². The van der Waals surface area contributed by atoms with E-state index in [0.717, 1.165) is 17.2 Å². The van der Waals surface area contributed by atoms with Gasteiger partial charge in [-0.05, 0) is 25.5 Å². The highest BCUT2D eigenvalue weighted by Crippen LogP contribution is 2.40. The van der Waals surface area contributed by atoms with Crippen molar-refractivity contribution < 1.29 is 9.47 Å². The molecule has 1 aromatic rings. The lowest BCUT2D eigenvalue weighted by Crippen LogP contribution is -2.29. The Balaban J connectivity index is 1.85. The summed E-state index contributed by atoms with van der Waals surface area (Å²) < 4.78 is 11.5. The zero-order chi connectivity index (χ0) is 14.6. The third-order valence-electron chi connectivity index (χ3n) is 3.56. The van der Waals surface area contributed by atoms with E-state index in [1.807, 2.05) is 26.0 Å². The van der Waals surface area contributed by atoms with Gasteiger partial charge in [0.25, 0.3) is 0 Å². The predicted molar refractivity (Wildman–Crippen MR) is 83.6 cm³/mol. The Kier molecular flexibility index (Phi) is 4.79. The van der Waals surface area contributed by atoms with Crippen LogP contribution in [0.4, 0.5) is 5.69 Å². The second-order valence-corrected chi connectivity index (χ2v) is 6.16. The first kappa shape index (κ1) is 15.0. The van der Waals surface area contributed by atoms with Gasteiger partial charge in [0.1, 0.15) is 0 Å². The van der Waals surface area contributed by atoms with Crippen molar-refractivity contribution in [2.45, 2.75) is 71.6 Å². The summed E-state index contributed by atoms with van der Waals surface area (Å²) in [5.74, 6) is 1.11. The number of hydrogen-bond acceptors (Lipinski definition) is 3. The molecule has 1 aliphatic heterocycles. The fourth-order valence-electron chi connectivity index (χ4n) is 2.55. The fraction of sp³-hybridized carbons (Fsp3) is 0.647. The van der Waals surface area contributed by atoms with Gasteiger partial charge in [0.2, 0.25) is 5.79 Å². The smallest absolute Gasteiger partial charge is 0.246 e. The van der Waals surface area contributed by atoms with Crippen molar-refractivity contribution in [3.05, 3.63) is 18.2 Å². The molecule has 1 aliphatic rings. The Morgan fingerprint density at radius 2 is 1.85 bits per heavy atom. The van der Waals surface area contributed by atoms with Crippen LogP contribution in [0.25, 0.3) is 0 Å². The highest BCUT2D eigenvalue weighted by atomic mass is 16.7. The van der Waals surface area contributed by atoms with Gasteiger partial charge in [-0.3, -0.25) is 0 Å². The lowest BCUT2D eigenvalue weighted by Gasteiger charge is -2.16. The number of anilines is 1. The van der Waals surface area contributed by atoms with Crippen molar-refractivity contribution in [2.75, 3.05) is 5.32 Å². The second kappa shape index (κ2) is 6.38. The lowest BCUT2D eigenvalue weighted by molar-refractivity contribution is -0.0431. The van der Waals surface area contributed by atoms with E-state index in [0.29, 0.717) is 6.04 Å². The Bertz CT molecular complexity index is 443. The molecular weight excluding hydrogens is 250 g/mol. The van der Waals surface area contributed by atoms with Crippen molar-refractivity contribution in [3.63, 3.8) is 0 Å². The van der Waals surface area contributed by atoms with E-state index in [-0.39, 0.29) is 0 Å². The molecule has 1 atom stereocenters. The summed E-state index contributed by atoms with van der Waals surface area (Å²) in [6.45, 7) is 8.34. The van der Waals surface area contributed by atoms with Crippen LogP contribution in [-0.2, 0) is 0 Å². The molecule has 2 rings (SSSR count). The molecule has 1 N–H and O–H groups in total. The number of benzene rings is 1. The molecule has 1 aromatic carbocycles. The minimum Gasteiger partial charge on any atom is -0.449 e. The summed E-state index contributed by atoms with van der Waals surface area (Å²) in [7, 11) is 0. The SMILES string of the molecule is CCCCCCC(C)Nc1ccc2c(c1)OC(C)(C)O2. The van der Waals surface area contributed by atoms with E-state index < -0.39 is 5.79 Å². The summed E-state index contributed by atoms with van der Waals surface area (Å²) in [5.41, 5.74) is 1.10. The van der Waals surface area contributed by atoms with E-state index in [4.69, 9.17) is 9.47 Å². The summed E-state index contributed by atoms with van der Waals surface area (Å²) >= 11 is 0. The average molecular weight is 277 g/mol. The van der Waals surface area contributed by atoms with Crippen LogP contribution in [-0.4, -0.2) is 11.8 Å². The number of nitrogens with one attached hydrogen (secondary N) is 1. The van der Waals surface area contributed by atoms with E-state index >= 15 is 0 Å². The van der Waals surface area contributed by atoms with Gasteiger partial charge in [-0.25, -0.2) is 0 Å². The first-order valence-electron chi connectivity index (χ1n) is 7.79. The Hall–Kier alpha value is -1.38. The van der Waals surface area contributed by atoms with E-state index in [9.17, 15) is 0 Å². The zero-order valence-corrected chi connectivity index (χ0v) is 13.2. The van der Waals surface area contributed by atoms with E-state index in [1.165, 1.54) is 32.1 Å². The van der Waals surface area contributed by atoms with Gasteiger partial charge in [-0.15, -0.1) is 0 Å². The zero-order valence-electron chi connectivity index (χ0n) is 13.2. The van der Waals surface area contributed by atoms with Crippen molar-refractivity contribution in [1.82, 2.24) is 0 Å². The summed E-state index contributed by atoms with van der Waals surface area (Å²) in [6, 6.07) is 6.56. The minimum absolute atomic E-state index is 0.486. The average Bonchev–Trinajstić information content (AvgIpc) is 2.68. The molecule has 0 saturated heterocycles. The summed E-state index contributed by atoms with van der Waals surface area (Å²) in [5, 5.41) is 3.54. The quantitative estimate of drug-likeness (QED) is 0.714. The first-order valence-corrected chi connectivity index (χ1v) is 7.79. The molecule has 112 valence electrons. The molecule has 0 bridgehead atoms. The topological polar surface area (TPSA) is 30.5 Å². The highest BCUT2D eigenvalue weighted by molar-refractivity contribution is 5.56. The van der Waals surface area contributed by atoms with Crippen LogP contribution < -0.4 is 14.8 Å². The Morgan fingerprint density at radius 3 is 2.60 bits per heavy atom. The number of fused-ring (bicyclic) bond motifs is 1. The molecule has 0 amide bonds. The van der Waals surface area contributed by atoms with Crippen LogP contribution in [0.3, 0.4) is 0 Å². The molecule has 0 aromatic heterocycles. The van der Waals surface area contributed by atoms with Gasteiger partial charge >= 0.3 is 0 Å². The predicted octanol–water partition coefficient (Wildman–Crippen LogP) is 4.96. The Labute approximate surface area is 122 Å². The van der Waals surface area contributed by atoms with E-state index in [2.05, 4.69) is 25.2 Å². The van der Waals surface area contributed by atoms with Gasteiger partial charge in [0.15, 0.2) is 11.5 Å². The molecule has 3 heteroatoms. The molecule has 0 saturated carbocycles. The van der Waals surface area contributed by atoms with Crippen LogP contribution in [0.2, 0.25) is 0 Å². The lowest BCUT2D eigenvalue weighted by atomic mass is 10.1. The van der Waals surface area contributed by atoms with Crippen LogP contribution in [0.15, 0.2) is 18.2 Å². The van der Waals surface area contributed by atoms with Crippen LogP contribution in [0, 0.1) is 0 Å². The standard InChI is InChI=1S/C17H27NO2/c1-5-6-7-8-9-13(2)18-14-10-11-15-16(12-14)20-17(3,4)19-15/h10-13,18H,5-9H2,1-4H3. The van der Waals surface area contributed by atoms with Gasteiger partial charge in [0.05, 0.1) is 0 Å². The molecule has 0 radical (unpaired) electrons. The number of ether oxygens (including phenoxy) is 2. The monoisotopic (exact) mass is 277 g/mol. The molecule has 20 heavy (non-hydrogen) atoms. The summed E-state index contributed by atoms with van der Waals surface area (Å²) in [6.07, 6.45) is 6.46. The number of unbranched alkanes of at least 4 members (excludes halogenated alkanes) is 3. The van der Waals surface area contributed by atoms with Gasteiger partial charge in [0, 0.05) is 31.6 Å². The van der Waals surface area contributed by atoms with Crippen molar-refractivity contribution in [2.24, 2.45) is 0 Å². The van der Waals surface area contributed by atoms with Gasteiger partial charge < -0.3 is 14.8 Å². The normalized spacial score (nSPS) is 17.0. The highest BCUT2D eigenvalue weighted by Gasteiger charge is 2.31. The first-order chi connectivity index (χ1) is 9.50. The molecule has 0 fully saturated rings. The van der Waals surface area contributed by atoms with E-state index in [1.54, 1.807) is 0 Å². The number of hydrogen-bond donors (Lipinski definition) is 1.